The smallest absolute Gasteiger partial charge is 0.254 e. The number of carbonyl (C=O) groups excluding carboxylic acids is 1. The molecule has 3 aromatic rings. The van der Waals surface area contributed by atoms with E-state index in [4.69, 9.17) is 16.3 Å². The molecule has 0 atom stereocenters. The summed E-state index contributed by atoms with van der Waals surface area (Å²) in [5, 5.41) is 8.10. The fourth-order valence-electron chi connectivity index (χ4n) is 3.03. The number of hydrogen-bond donors (Lipinski definition) is 1. The lowest BCUT2D eigenvalue weighted by molar-refractivity contribution is 0.0743. The predicted octanol–water partition coefficient (Wildman–Crippen LogP) is 3.14. The second kappa shape index (κ2) is 6.82. The van der Waals surface area contributed by atoms with Crippen LogP contribution in [-0.2, 0) is 4.74 Å². The molecule has 1 aromatic carbocycles. The van der Waals surface area contributed by atoms with E-state index in [1.54, 1.807) is 24.5 Å². The fraction of sp³-hybridized carbons (Fsp3) is 0.278. The summed E-state index contributed by atoms with van der Waals surface area (Å²) < 4.78 is 5.46. The molecule has 1 aliphatic heterocycles. The first kappa shape index (κ1) is 16.1. The minimum atomic E-state index is -0.0232. The molecule has 1 fully saturated rings. The van der Waals surface area contributed by atoms with E-state index in [1.165, 1.54) is 0 Å². The lowest BCUT2D eigenvalue weighted by Gasteiger charge is -2.21. The lowest BCUT2D eigenvalue weighted by Crippen LogP contribution is -2.33. The Balaban J connectivity index is 1.84. The van der Waals surface area contributed by atoms with Crippen molar-refractivity contribution in [1.82, 2.24) is 20.1 Å². The van der Waals surface area contributed by atoms with Gasteiger partial charge in [0.05, 0.1) is 29.6 Å². The summed E-state index contributed by atoms with van der Waals surface area (Å²) in [6.07, 6.45) is 4.29. The van der Waals surface area contributed by atoms with Crippen molar-refractivity contribution in [1.29, 1.82) is 0 Å². The zero-order valence-corrected chi connectivity index (χ0v) is 14.3. The van der Waals surface area contributed by atoms with Crippen molar-refractivity contribution in [2.24, 2.45) is 0 Å². The number of carbonyl (C=O) groups is 1. The van der Waals surface area contributed by atoms with Crippen molar-refractivity contribution in [2.75, 3.05) is 26.3 Å². The summed E-state index contributed by atoms with van der Waals surface area (Å²) in [6, 6.07) is 7.23. The third-order valence-electron chi connectivity index (χ3n) is 4.30. The van der Waals surface area contributed by atoms with Gasteiger partial charge in [-0.3, -0.25) is 9.89 Å². The Morgan fingerprint density at radius 1 is 1.24 bits per heavy atom. The molecule has 1 saturated heterocycles. The first-order valence-electron chi connectivity index (χ1n) is 8.19. The number of halogens is 1. The van der Waals surface area contributed by atoms with Gasteiger partial charge in [-0.05, 0) is 30.7 Å². The van der Waals surface area contributed by atoms with Crippen molar-refractivity contribution >= 4 is 28.4 Å². The van der Waals surface area contributed by atoms with Crippen LogP contribution in [0.1, 0.15) is 16.8 Å². The second-order valence-corrected chi connectivity index (χ2v) is 6.40. The molecule has 0 radical (unpaired) electrons. The molecule has 7 heteroatoms. The lowest BCUT2D eigenvalue weighted by atomic mass is 10.0. The highest BCUT2D eigenvalue weighted by atomic mass is 35.5. The largest absolute Gasteiger partial charge is 0.380 e. The number of ether oxygens (including phenoxy) is 1. The van der Waals surface area contributed by atoms with Crippen LogP contribution in [0.4, 0.5) is 0 Å². The van der Waals surface area contributed by atoms with Crippen molar-refractivity contribution < 1.29 is 9.53 Å². The number of fused-ring (bicyclic) bond motifs is 1. The number of hydrogen-bond acceptors (Lipinski definition) is 4. The predicted molar refractivity (Wildman–Crippen MR) is 95.7 cm³/mol. The summed E-state index contributed by atoms with van der Waals surface area (Å²) in [5.74, 6) is -0.0232. The number of amides is 1. The van der Waals surface area contributed by atoms with Crippen LogP contribution in [-0.4, -0.2) is 52.3 Å². The number of pyridine rings is 1. The number of nitrogens with zero attached hydrogens (tertiary/aromatic N) is 3. The first-order chi connectivity index (χ1) is 12.2. The van der Waals surface area contributed by atoms with E-state index in [0.717, 1.165) is 22.9 Å². The Hall–Kier alpha value is -2.44. The molecular formula is C18H17ClN4O2. The minimum absolute atomic E-state index is 0.0232. The van der Waals surface area contributed by atoms with Crippen LogP contribution in [0, 0.1) is 0 Å². The van der Waals surface area contributed by atoms with Crippen molar-refractivity contribution in [2.45, 2.75) is 6.42 Å². The minimum Gasteiger partial charge on any atom is -0.380 e. The average Bonchev–Trinajstić information content (AvgIpc) is 3.03. The van der Waals surface area contributed by atoms with Crippen LogP contribution in [0.25, 0.3) is 22.2 Å². The topological polar surface area (TPSA) is 71.1 Å². The molecule has 1 amide bonds. The maximum Gasteiger partial charge on any atom is 0.254 e. The number of benzene rings is 1. The quantitative estimate of drug-likeness (QED) is 0.765. The first-order valence-corrected chi connectivity index (χ1v) is 8.56. The molecule has 0 aliphatic carbocycles. The molecule has 25 heavy (non-hydrogen) atoms. The van der Waals surface area contributed by atoms with Crippen molar-refractivity contribution in [3.05, 3.63) is 47.2 Å². The van der Waals surface area contributed by atoms with Crippen LogP contribution < -0.4 is 0 Å². The molecule has 1 N–H and O–H groups in total. The highest BCUT2D eigenvalue weighted by molar-refractivity contribution is 6.31. The number of aromatic amines is 1. The van der Waals surface area contributed by atoms with Gasteiger partial charge in [-0.2, -0.15) is 5.10 Å². The zero-order valence-electron chi connectivity index (χ0n) is 13.5. The van der Waals surface area contributed by atoms with Gasteiger partial charge < -0.3 is 9.64 Å². The SMILES string of the molecule is O=C(c1cc(-c2cn[nH]c2)nc2ccc(Cl)cc12)N1CCCOCC1. The number of H-pyrrole nitrogens is 1. The molecule has 128 valence electrons. The molecule has 2 aromatic heterocycles. The van der Waals surface area contributed by atoms with Crippen LogP contribution in [0.2, 0.25) is 5.02 Å². The van der Waals surface area contributed by atoms with E-state index in [1.807, 2.05) is 17.0 Å². The number of nitrogens with one attached hydrogen (secondary N) is 1. The van der Waals surface area contributed by atoms with Gasteiger partial charge in [0.15, 0.2) is 0 Å². The van der Waals surface area contributed by atoms with Gasteiger partial charge in [-0.1, -0.05) is 11.6 Å². The molecule has 0 bridgehead atoms. The standard InChI is InChI=1S/C18H17ClN4O2/c19-13-2-3-16-14(8-13)15(9-17(22-16)12-10-20-21-11-12)18(24)23-4-1-6-25-7-5-23/h2-3,8-11H,1,4-7H2,(H,20,21). The highest BCUT2D eigenvalue weighted by Gasteiger charge is 2.21. The average molecular weight is 357 g/mol. The van der Waals surface area contributed by atoms with Crippen LogP contribution in [0.5, 0.6) is 0 Å². The number of aromatic nitrogens is 3. The Labute approximate surface area is 149 Å². The molecular weight excluding hydrogens is 340 g/mol. The zero-order chi connectivity index (χ0) is 17.2. The van der Waals surface area contributed by atoms with E-state index in [2.05, 4.69) is 15.2 Å². The number of rotatable bonds is 2. The summed E-state index contributed by atoms with van der Waals surface area (Å²) in [4.78, 5) is 19.7. The van der Waals surface area contributed by atoms with E-state index < -0.39 is 0 Å². The van der Waals surface area contributed by atoms with Gasteiger partial charge in [0.2, 0.25) is 0 Å². The summed E-state index contributed by atoms with van der Waals surface area (Å²) in [7, 11) is 0. The Bertz CT molecular complexity index is 903. The van der Waals surface area contributed by atoms with E-state index in [-0.39, 0.29) is 5.91 Å². The molecule has 6 nitrogen and oxygen atoms in total. The van der Waals surface area contributed by atoms with Gasteiger partial charge in [0.1, 0.15) is 0 Å². The van der Waals surface area contributed by atoms with Gasteiger partial charge in [0, 0.05) is 41.9 Å². The Morgan fingerprint density at radius 3 is 3.00 bits per heavy atom. The third kappa shape index (κ3) is 3.23. The van der Waals surface area contributed by atoms with Gasteiger partial charge in [-0.15, -0.1) is 0 Å². The van der Waals surface area contributed by atoms with Crippen molar-refractivity contribution in [3.8, 4) is 11.3 Å². The summed E-state index contributed by atoms with van der Waals surface area (Å²) >= 11 is 6.16. The molecule has 1 aliphatic rings. The summed E-state index contributed by atoms with van der Waals surface area (Å²) in [6.45, 7) is 2.52. The summed E-state index contributed by atoms with van der Waals surface area (Å²) in [5.41, 5.74) is 2.88. The second-order valence-electron chi connectivity index (χ2n) is 5.96. The Morgan fingerprint density at radius 2 is 2.16 bits per heavy atom. The van der Waals surface area contributed by atoms with Gasteiger partial charge in [-0.25, -0.2) is 4.98 Å². The van der Waals surface area contributed by atoms with Crippen LogP contribution in [0.3, 0.4) is 0 Å². The Kier molecular flexibility index (Phi) is 4.38. The van der Waals surface area contributed by atoms with Crippen molar-refractivity contribution in [3.63, 3.8) is 0 Å². The third-order valence-corrected chi connectivity index (χ3v) is 4.54. The van der Waals surface area contributed by atoms with Crippen LogP contribution >= 0.6 is 11.6 Å². The van der Waals surface area contributed by atoms with E-state index >= 15 is 0 Å². The molecule has 0 spiro atoms. The highest BCUT2D eigenvalue weighted by Crippen LogP contribution is 2.27. The fourth-order valence-corrected chi connectivity index (χ4v) is 3.21. The molecule has 0 unspecified atom stereocenters. The van der Waals surface area contributed by atoms with Crippen LogP contribution in [0.15, 0.2) is 36.7 Å². The molecule has 0 saturated carbocycles. The molecule has 4 rings (SSSR count). The van der Waals surface area contributed by atoms with E-state index in [0.29, 0.717) is 42.6 Å². The maximum absolute atomic E-state index is 13.2. The van der Waals surface area contributed by atoms with E-state index in [9.17, 15) is 4.79 Å². The molecule has 3 heterocycles. The maximum atomic E-state index is 13.2. The van der Waals surface area contributed by atoms with Gasteiger partial charge in [0.25, 0.3) is 5.91 Å². The monoisotopic (exact) mass is 356 g/mol. The van der Waals surface area contributed by atoms with Gasteiger partial charge >= 0.3 is 0 Å². The normalized spacial score (nSPS) is 15.3.